The summed E-state index contributed by atoms with van der Waals surface area (Å²) in [6.07, 6.45) is 0.528. The Hall–Kier alpha value is -1.64. The van der Waals surface area contributed by atoms with Crippen molar-refractivity contribution >= 4 is 16.2 Å². The topological polar surface area (TPSA) is 98.9 Å². The summed E-state index contributed by atoms with van der Waals surface area (Å²) in [7, 11) is -3.51. The minimum atomic E-state index is -3.51. The van der Waals surface area contributed by atoms with Gasteiger partial charge in [0.25, 0.3) is 10.1 Å². The molecule has 1 aromatic rings. The van der Waals surface area contributed by atoms with E-state index in [1.54, 1.807) is 0 Å². The molecule has 7 nitrogen and oxygen atoms in total. The largest absolute Gasteiger partial charge is 0.445 e. The van der Waals surface area contributed by atoms with Crippen molar-refractivity contribution in [3.05, 3.63) is 35.9 Å². The van der Waals surface area contributed by atoms with Crippen LogP contribution in [-0.2, 0) is 25.6 Å². The highest BCUT2D eigenvalue weighted by molar-refractivity contribution is 7.85. The number of hydrogen-bond donors (Lipinski definition) is 1. The van der Waals surface area contributed by atoms with Crippen molar-refractivity contribution < 1.29 is 22.1 Å². The third kappa shape index (κ3) is 4.97. The molecule has 0 aliphatic carbocycles. The van der Waals surface area contributed by atoms with Crippen LogP contribution < -0.4 is 5.73 Å². The summed E-state index contributed by atoms with van der Waals surface area (Å²) in [5.74, 6) is -0.223. The molecule has 1 fully saturated rings. The Morgan fingerprint density at radius 3 is 2.64 bits per heavy atom. The number of carbonyl (C=O) groups is 1. The molecule has 0 bridgehead atoms. The van der Waals surface area contributed by atoms with Crippen molar-refractivity contribution in [3.8, 4) is 0 Å². The summed E-state index contributed by atoms with van der Waals surface area (Å²) < 4.78 is 32.0. The van der Waals surface area contributed by atoms with Gasteiger partial charge in [0.15, 0.2) is 0 Å². The quantitative estimate of drug-likeness (QED) is 0.793. The number of nitrogens with zero attached hydrogens (tertiary/aromatic N) is 1. The maximum absolute atomic E-state index is 12.0. The van der Waals surface area contributed by atoms with Crippen molar-refractivity contribution in [2.45, 2.75) is 12.6 Å². The highest BCUT2D eigenvalue weighted by Crippen LogP contribution is 2.18. The highest BCUT2D eigenvalue weighted by atomic mass is 32.2. The lowest BCUT2D eigenvalue weighted by Gasteiger charge is -2.16. The second kappa shape index (κ2) is 7.08. The Morgan fingerprint density at radius 2 is 2.00 bits per heavy atom. The van der Waals surface area contributed by atoms with Crippen molar-refractivity contribution in [1.82, 2.24) is 4.90 Å². The zero-order chi connectivity index (χ0) is 16.2. The van der Waals surface area contributed by atoms with E-state index in [4.69, 9.17) is 14.7 Å². The van der Waals surface area contributed by atoms with E-state index in [9.17, 15) is 13.2 Å². The summed E-state index contributed by atoms with van der Waals surface area (Å²) in [6.45, 7) is 0.814. The second-order valence-corrected chi connectivity index (χ2v) is 7.00. The summed E-state index contributed by atoms with van der Waals surface area (Å²) >= 11 is 0. The molecule has 2 atom stereocenters. The molecule has 2 rings (SSSR count). The monoisotopic (exact) mass is 328 g/mol. The number of hydrogen-bond acceptors (Lipinski definition) is 6. The molecule has 0 aromatic heterocycles. The zero-order valence-corrected chi connectivity index (χ0v) is 13.2. The Morgan fingerprint density at radius 1 is 1.32 bits per heavy atom. The van der Waals surface area contributed by atoms with E-state index in [1.165, 1.54) is 4.90 Å². The maximum Gasteiger partial charge on any atom is 0.410 e. The Balaban J connectivity index is 1.82. The third-order valence-electron chi connectivity index (χ3n) is 3.45. The molecule has 2 N–H and O–H groups in total. The van der Waals surface area contributed by atoms with Crippen LogP contribution in [0.1, 0.15) is 5.56 Å². The molecular weight excluding hydrogens is 308 g/mol. The van der Waals surface area contributed by atoms with Gasteiger partial charge in [-0.15, -0.1) is 0 Å². The first-order chi connectivity index (χ1) is 10.3. The molecule has 0 radical (unpaired) electrons. The van der Waals surface area contributed by atoms with Gasteiger partial charge in [0, 0.05) is 25.0 Å². The predicted octanol–water partition coefficient (Wildman–Crippen LogP) is 0.559. The fraction of sp³-hybridized carbons (Fsp3) is 0.500. The molecule has 8 heteroatoms. The average molecular weight is 328 g/mol. The fourth-order valence-corrected chi connectivity index (χ4v) is 2.67. The first kappa shape index (κ1) is 16.7. The van der Waals surface area contributed by atoms with E-state index in [-0.39, 0.29) is 25.2 Å². The molecule has 1 heterocycles. The number of likely N-dealkylation sites (tertiary alicyclic amines) is 1. The van der Waals surface area contributed by atoms with Gasteiger partial charge in [-0.3, -0.25) is 4.18 Å². The number of carbonyl (C=O) groups excluding carboxylic acids is 1. The molecule has 0 unspecified atom stereocenters. The minimum absolute atomic E-state index is 0.0253. The van der Waals surface area contributed by atoms with Crippen LogP contribution in [-0.4, -0.2) is 51.4 Å². The lowest BCUT2D eigenvalue weighted by Crippen LogP contribution is -2.33. The van der Waals surface area contributed by atoms with Crippen LogP contribution in [0.3, 0.4) is 0 Å². The average Bonchev–Trinajstić information content (AvgIpc) is 2.84. The Bertz CT molecular complexity index is 605. The standard InChI is InChI=1S/C14H20N2O5S/c1-22(18,19)21-10-12-7-16(8-13(12)15)14(17)20-9-11-5-3-2-4-6-11/h2-6,12-13H,7-10,15H2,1H3/t12-,13-/m1/s1. The minimum Gasteiger partial charge on any atom is -0.445 e. The van der Waals surface area contributed by atoms with Gasteiger partial charge in [-0.2, -0.15) is 8.42 Å². The van der Waals surface area contributed by atoms with Gasteiger partial charge in [-0.1, -0.05) is 30.3 Å². The van der Waals surface area contributed by atoms with E-state index >= 15 is 0 Å². The smallest absolute Gasteiger partial charge is 0.410 e. The lowest BCUT2D eigenvalue weighted by molar-refractivity contribution is 0.102. The molecule has 122 valence electrons. The van der Waals surface area contributed by atoms with Crippen LogP contribution in [0, 0.1) is 5.92 Å². The van der Waals surface area contributed by atoms with Crippen molar-refractivity contribution in [1.29, 1.82) is 0 Å². The van der Waals surface area contributed by atoms with Crippen LogP contribution in [0.15, 0.2) is 30.3 Å². The summed E-state index contributed by atoms with van der Waals surface area (Å²) in [6, 6.07) is 9.03. The number of rotatable bonds is 5. The van der Waals surface area contributed by atoms with Gasteiger partial charge >= 0.3 is 6.09 Å². The van der Waals surface area contributed by atoms with Crippen LogP contribution >= 0.6 is 0 Å². The summed E-state index contributed by atoms with van der Waals surface area (Å²) in [4.78, 5) is 13.5. The van der Waals surface area contributed by atoms with Gasteiger partial charge in [0.2, 0.25) is 0 Å². The Kier molecular flexibility index (Phi) is 5.38. The summed E-state index contributed by atoms with van der Waals surface area (Å²) in [5, 5.41) is 0. The van der Waals surface area contributed by atoms with Gasteiger partial charge in [-0.05, 0) is 5.56 Å². The first-order valence-electron chi connectivity index (χ1n) is 6.91. The number of benzene rings is 1. The van der Waals surface area contributed by atoms with Gasteiger partial charge in [-0.25, -0.2) is 4.79 Å². The van der Waals surface area contributed by atoms with Crippen LogP contribution in [0.4, 0.5) is 4.79 Å². The molecule has 1 aliphatic rings. The fourth-order valence-electron chi connectivity index (χ4n) is 2.24. The maximum atomic E-state index is 12.0. The van der Waals surface area contributed by atoms with Crippen LogP contribution in [0.25, 0.3) is 0 Å². The van der Waals surface area contributed by atoms with Crippen LogP contribution in [0.5, 0.6) is 0 Å². The van der Waals surface area contributed by atoms with E-state index in [0.29, 0.717) is 13.1 Å². The molecule has 0 saturated carbocycles. The predicted molar refractivity (Wildman–Crippen MR) is 80.5 cm³/mol. The second-order valence-electron chi connectivity index (χ2n) is 5.36. The van der Waals surface area contributed by atoms with E-state index in [1.807, 2.05) is 30.3 Å². The van der Waals surface area contributed by atoms with E-state index in [0.717, 1.165) is 11.8 Å². The normalized spacial score (nSPS) is 21.8. The van der Waals surface area contributed by atoms with Crippen molar-refractivity contribution in [3.63, 3.8) is 0 Å². The van der Waals surface area contributed by atoms with Crippen molar-refractivity contribution in [2.75, 3.05) is 26.0 Å². The SMILES string of the molecule is CS(=O)(=O)OC[C@H]1CN(C(=O)OCc2ccccc2)C[C@H]1N. The number of nitrogens with two attached hydrogens (primary N) is 1. The molecule has 1 aromatic carbocycles. The van der Waals surface area contributed by atoms with E-state index in [2.05, 4.69) is 0 Å². The lowest BCUT2D eigenvalue weighted by atomic mass is 10.1. The zero-order valence-electron chi connectivity index (χ0n) is 12.3. The summed E-state index contributed by atoms with van der Waals surface area (Å²) in [5.41, 5.74) is 6.82. The molecule has 1 aliphatic heterocycles. The van der Waals surface area contributed by atoms with Gasteiger partial charge in [0.05, 0.1) is 12.9 Å². The van der Waals surface area contributed by atoms with E-state index < -0.39 is 16.2 Å². The molecule has 0 spiro atoms. The first-order valence-corrected chi connectivity index (χ1v) is 8.72. The number of ether oxygens (including phenoxy) is 1. The third-order valence-corrected chi connectivity index (χ3v) is 4.02. The molecular formula is C14H20N2O5S. The highest BCUT2D eigenvalue weighted by Gasteiger charge is 2.34. The molecule has 1 amide bonds. The Labute approximate surface area is 130 Å². The molecule has 22 heavy (non-hydrogen) atoms. The van der Waals surface area contributed by atoms with Gasteiger partial charge in [0.1, 0.15) is 6.61 Å². The van der Waals surface area contributed by atoms with Crippen LogP contribution in [0.2, 0.25) is 0 Å². The van der Waals surface area contributed by atoms with Gasteiger partial charge < -0.3 is 15.4 Å². The molecule has 1 saturated heterocycles. The number of amides is 1. The van der Waals surface area contributed by atoms with Crippen molar-refractivity contribution in [2.24, 2.45) is 11.7 Å².